The van der Waals surface area contributed by atoms with E-state index in [0.717, 1.165) is 5.56 Å². The Morgan fingerprint density at radius 1 is 1.48 bits per heavy atom. The summed E-state index contributed by atoms with van der Waals surface area (Å²) in [6.07, 6.45) is 1.54. The fourth-order valence-electron chi connectivity index (χ4n) is 3.69. The molecule has 0 saturated carbocycles. The highest BCUT2D eigenvalue weighted by molar-refractivity contribution is 7.80. The molecule has 1 fully saturated rings. The van der Waals surface area contributed by atoms with E-state index in [9.17, 15) is 4.79 Å². The fourth-order valence-corrected chi connectivity index (χ4v) is 4.09. The maximum absolute atomic E-state index is 12.9. The average molecular weight is 392 g/mol. The highest BCUT2D eigenvalue weighted by Gasteiger charge is 2.59. The van der Waals surface area contributed by atoms with Crippen molar-refractivity contribution in [2.24, 2.45) is 5.92 Å². The molecule has 146 valence electrons. The first-order chi connectivity index (χ1) is 13.0. The van der Waals surface area contributed by atoms with E-state index in [4.69, 9.17) is 31.2 Å². The zero-order valence-corrected chi connectivity index (χ0v) is 16.5. The molecule has 3 rings (SSSR count). The van der Waals surface area contributed by atoms with Gasteiger partial charge >= 0.3 is 5.97 Å². The Morgan fingerprint density at radius 3 is 2.93 bits per heavy atom. The first-order valence-corrected chi connectivity index (χ1v) is 9.09. The van der Waals surface area contributed by atoms with Crippen molar-refractivity contribution in [3.63, 3.8) is 0 Å². The number of nitrogens with zero attached hydrogens (tertiary/aromatic N) is 1. The van der Waals surface area contributed by atoms with Crippen LogP contribution in [0.1, 0.15) is 18.5 Å². The van der Waals surface area contributed by atoms with Gasteiger partial charge in [0, 0.05) is 19.2 Å². The zero-order chi connectivity index (χ0) is 19.6. The third kappa shape index (κ3) is 3.23. The molecular formula is C19H24N2O5S. The van der Waals surface area contributed by atoms with E-state index in [0.29, 0.717) is 29.8 Å². The monoisotopic (exact) mass is 392 g/mol. The minimum absolute atomic E-state index is 0.131. The van der Waals surface area contributed by atoms with E-state index >= 15 is 0 Å². The smallest absolute Gasteiger partial charge is 0.317 e. The molecule has 2 aliphatic rings. The van der Waals surface area contributed by atoms with Gasteiger partial charge in [0.1, 0.15) is 12.5 Å². The molecule has 7 nitrogen and oxygen atoms in total. The largest absolute Gasteiger partial charge is 0.493 e. The topological polar surface area (TPSA) is 69.3 Å². The van der Waals surface area contributed by atoms with E-state index in [2.05, 4.69) is 11.9 Å². The number of para-hydroxylation sites is 1. The zero-order valence-electron chi connectivity index (χ0n) is 15.7. The summed E-state index contributed by atoms with van der Waals surface area (Å²) in [4.78, 5) is 14.8. The van der Waals surface area contributed by atoms with Gasteiger partial charge in [-0.25, -0.2) is 0 Å². The number of ether oxygens (including phenoxy) is 4. The van der Waals surface area contributed by atoms with Crippen LogP contribution < -0.4 is 14.8 Å². The number of fused-ring (bicyclic) bond motifs is 4. The van der Waals surface area contributed by atoms with E-state index in [1.54, 1.807) is 14.2 Å². The lowest BCUT2D eigenvalue weighted by molar-refractivity contribution is -0.175. The highest BCUT2D eigenvalue weighted by Crippen LogP contribution is 2.51. The van der Waals surface area contributed by atoms with Gasteiger partial charge in [0.05, 0.1) is 19.8 Å². The lowest BCUT2D eigenvalue weighted by Crippen LogP contribution is -2.71. The molecule has 0 unspecified atom stereocenters. The molecule has 0 spiro atoms. The second kappa shape index (κ2) is 7.74. The molecule has 0 radical (unpaired) electrons. The lowest BCUT2D eigenvalue weighted by atomic mass is 9.79. The summed E-state index contributed by atoms with van der Waals surface area (Å²) in [6, 6.07) is 5.19. The molecule has 1 saturated heterocycles. The van der Waals surface area contributed by atoms with Gasteiger partial charge in [0.25, 0.3) is 0 Å². The summed E-state index contributed by atoms with van der Waals surface area (Å²) in [6.45, 7) is 6.47. The van der Waals surface area contributed by atoms with Crippen molar-refractivity contribution in [2.75, 3.05) is 34.0 Å². The minimum Gasteiger partial charge on any atom is -0.493 e. The molecule has 27 heavy (non-hydrogen) atoms. The quantitative estimate of drug-likeness (QED) is 0.429. The normalized spacial score (nSPS) is 25.7. The van der Waals surface area contributed by atoms with Crippen molar-refractivity contribution in [1.29, 1.82) is 0 Å². The van der Waals surface area contributed by atoms with Crippen LogP contribution in [0.15, 0.2) is 30.9 Å². The Hall–Kier alpha value is -2.32. The van der Waals surface area contributed by atoms with Crippen molar-refractivity contribution in [1.82, 2.24) is 10.2 Å². The third-order valence-corrected chi connectivity index (χ3v) is 5.30. The molecular weight excluding hydrogens is 368 g/mol. The first-order valence-electron chi connectivity index (χ1n) is 8.68. The summed E-state index contributed by atoms with van der Waals surface area (Å²) >= 11 is 5.56. The van der Waals surface area contributed by atoms with Crippen LogP contribution in [0.2, 0.25) is 0 Å². The van der Waals surface area contributed by atoms with Crippen molar-refractivity contribution in [3.05, 3.63) is 36.4 Å². The van der Waals surface area contributed by atoms with Crippen molar-refractivity contribution < 1.29 is 23.7 Å². The van der Waals surface area contributed by atoms with Crippen molar-refractivity contribution in [3.8, 4) is 11.5 Å². The Kier molecular flexibility index (Phi) is 5.57. The fraction of sp³-hybridized carbons (Fsp3) is 0.474. The number of esters is 1. The number of carbonyl (C=O) groups excluding carboxylic acids is 1. The maximum Gasteiger partial charge on any atom is 0.317 e. The molecule has 2 aliphatic heterocycles. The van der Waals surface area contributed by atoms with Gasteiger partial charge < -0.3 is 29.2 Å². The van der Waals surface area contributed by atoms with E-state index < -0.39 is 17.7 Å². The Bertz CT molecular complexity index is 756. The number of methoxy groups -OCH3 is 2. The summed E-state index contributed by atoms with van der Waals surface area (Å²) < 4.78 is 22.5. The van der Waals surface area contributed by atoms with Gasteiger partial charge in [-0.3, -0.25) is 4.79 Å². The number of hydrogen-bond donors (Lipinski definition) is 1. The summed E-state index contributed by atoms with van der Waals surface area (Å²) in [5.41, 5.74) is -0.244. The standard InChI is InChI=1S/C19H24N2O5S/c1-5-10-25-17(22)14-15-12-7-6-8-13(24-4)16(12)26-19(14,2)21(9-11-23-3)18(27)20-15/h5-8,14-15H,1,9-11H2,2-4H3,(H,20,27)/t14-,15-,19-/m0/s1. The van der Waals surface area contributed by atoms with Gasteiger partial charge in [-0.05, 0) is 25.2 Å². The van der Waals surface area contributed by atoms with Crippen molar-refractivity contribution in [2.45, 2.75) is 18.7 Å². The molecule has 2 bridgehead atoms. The predicted octanol–water partition coefficient (Wildman–Crippen LogP) is 2.03. The predicted molar refractivity (Wildman–Crippen MR) is 104 cm³/mol. The van der Waals surface area contributed by atoms with Crippen LogP contribution in [0.3, 0.4) is 0 Å². The van der Waals surface area contributed by atoms with Crippen LogP contribution in [0.25, 0.3) is 0 Å². The number of nitrogens with one attached hydrogen (secondary N) is 1. The molecule has 8 heteroatoms. The van der Waals surface area contributed by atoms with Crippen LogP contribution in [-0.2, 0) is 14.3 Å². The van der Waals surface area contributed by atoms with Crippen LogP contribution in [-0.4, -0.2) is 55.7 Å². The number of thiocarbonyl (C=S) groups is 1. The van der Waals surface area contributed by atoms with E-state index in [-0.39, 0.29) is 12.6 Å². The number of benzene rings is 1. The molecule has 3 atom stereocenters. The third-order valence-electron chi connectivity index (χ3n) is 4.96. The first kappa shape index (κ1) is 19.4. The van der Waals surface area contributed by atoms with Crippen LogP contribution in [0, 0.1) is 5.92 Å². The van der Waals surface area contributed by atoms with Gasteiger partial charge in [0.15, 0.2) is 22.3 Å². The number of rotatable bonds is 7. The molecule has 2 heterocycles. The Morgan fingerprint density at radius 2 is 2.26 bits per heavy atom. The Balaban J connectivity index is 2.10. The second-order valence-corrected chi connectivity index (χ2v) is 6.89. The van der Waals surface area contributed by atoms with Crippen LogP contribution in [0.4, 0.5) is 0 Å². The summed E-state index contributed by atoms with van der Waals surface area (Å²) in [5, 5.41) is 3.79. The van der Waals surface area contributed by atoms with Crippen LogP contribution in [0.5, 0.6) is 11.5 Å². The number of hydrogen-bond acceptors (Lipinski definition) is 6. The molecule has 0 amide bonds. The average Bonchev–Trinajstić information content (AvgIpc) is 2.65. The SMILES string of the molecule is C=CCOC(=O)[C@@H]1[C@H]2NC(=S)N(CCOC)[C@@]1(C)Oc1c(OC)cccc12. The molecule has 1 N–H and O–H groups in total. The van der Waals surface area contributed by atoms with E-state index in [1.807, 2.05) is 30.0 Å². The molecule has 0 aliphatic carbocycles. The second-order valence-electron chi connectivity index (χ2n) is 6.50. The summed E-state index contributed by atoms with van der Waals surface area (Å²) in [7, 11) is 3.20. The summed E-state index contributed by atoms with van der Waals surface area (Å²) in [5.74, 6) is 0.175. The molecule has 0 aromatic heterocycles. The molecule has 1 aromatic rings. The van der Waals surface area contributed by atoms with Gasteiger partial charge in [-0.1, -0.05) is 24.8 Å². The lowest BCUT2D eigenvalue weighted by Gasteiger charge is -2.55. The maximum atomic E-state index is 12.9. The van der Waals surface area contributed by atoms with Crippen LogP contribution >= 0.6 is 12.2 Å². The van der Waals surface area contributed by atoms with Gasteiger partial charge in [-0.2, -0.15) is 0 Å². The van der Waals surface area contributed by atoms with Gasteiger partial charge in [0.2, 0.25) is 0 Å². The minimum atomic E-state index is -1.05. The van der Waals surface area contributed by atoms with E-state index in [1.165, 1.54) is 6.08 Å². The number of carbonyl (C=O) groups is 1. The Labute approximate surface area is 164 Å². The molecule has 1 aromatic carbocycles. The van der Waals surface area contributed by atoms with Gasteiger partial charge in [-0.15, -0.1) is 0 Å². The highest BCUT2D eigenvalue weighted by atomic mass is 32.1. The van der Waals surface area contributed by atoms with Crippen molar-refractivity contribution >= 4 is 23.3 Å².